The summed E-state index contributed by atoms with van der Waals surface area (Å²) < 4.78 is 11.6. The molecule has 0 atom stereocenters. The SMILES string of the molecule is c1ccc(-c2nc(-c3ccccc3)nc(-c3cccc4oc5cc(-n6c7ccccc7c7ccc8sc9ccccc9c8c76)ccc5c34)n2)cc1. The van der Waals surface area contributed by atoms with Crippen molar-refractivity contribution in [2.45, 2.75) is 0 Å². The summed E-state index contributed by atoms with van der Waals surface area (Å²) in [6, 6.07) is 54.8. The van der Waals surface area contributed by atoms with Crippen LogP contribution < -0.4 is 0 Å². The van der Waals surface area contributed by atoms with E-state index in [9.17, 15) is 0 Å². The molecule has 11 rings (SSSR count). The van der Waals surface area contributed by atoms with Gasteiger partial charge < -0.3 is 8.98 Å². The Kier molecular flexibility index (Phi) is 6.05. The molecule has 0 spiro atoms. The van der Waals surface area contributed by atoms with Crippen molar-refractivity contribution in [1.82, 2.24) is 19.5 Å². The maximum absolute atomic E-state index is 6.67. The summed E-state index contributed by atoms with van der Waals surface area (Å²) in [6.45, 7) is 0. The Morgan fingerprint density at radius 3 is 1.90 bits per heavy atom. The van der Waals surface area contributed by atoms with Crippen LogP contribution in [0.5, 0.6) is 0 Å². The quantitative estimate of drug-likeness (QED) is 0.187. The van der Waals surface area contributed by atoms with Crippen LogP contribution in [-0.4, -0.2) is 19.5 Å². The molecular formula is C45H26N4OS. The van der Waals surface area contributed by atoms with Gasteiger partial charge in [0.25, 0.3) is 0 Å². The highest BCUT2D eigenvalue weighted by atomic mass is 32.1. The van der Waals surface area contributed by atoms with Gasteiger partial charge in [-0.05, 0) is 36.4 Å². The molecule has 4 aromatic heterocycles. The Bertz CT molecular complexity index is 3080. The van der Waals surface area contributed by atoms with Gasteiger partial charge in [0.05, 0.1) is 11.0 Å². The van der Waals surface area contributed by atoms with Crippen LogP contribution in [0.4, 0.5) is 0 Å². The van der Waals surface area contributed by atoms with Crippen LogP contribution in [0, 0.1) is 0 Å². The lowest BCUT2D eigenvalue weighted by atomic mass is 10.0. The molecule has 7 aromatic carbocycles. The lowest BCUT2D eigenvalue weighted by molar-refractivity contribution is 0.668. The number of rotatable bonds is 4. The molecule has 0 N–H and O–H groups in total. The van der Waals surface area contributed by atoms with Crippen LogP contribution in [0.3, 0.4) is 0 Å². The summed E-state index contributed by atoms with van der Waals surface area (Å²) >= 11 is 1.85. The van der Waals surface area contributed by atoms with E-state index in [4.69, 9.17) is 19.4 Å². The Hall–Kier alpha value is -6.63. The number of aromatic nitrogens is 4. The van der Waals surface area contributed by atoms with Crippen molar-refractivity contribution in [2.24, 2.45) is 0 Å². The zero-order chi connectivity index (χ0) is 33.5. The van der Waals surface area contributed by atoms with Crippen molar-refractivity contribution in [2.75, 3.05) is 0 Å². The maximum Gasteiger partial charge on any atom is 0.164 e. The predicted octanol–water partition coefficient (Wildman–Crippen LogP) is 12.2. The third-order valence-corrected chi connectivity index (χ3v) is 11.0. The van der Waals surface area contributed by atoms with E-state index in [0.29, 0.717) is 17.5 Å². The highest BCUT2D eigenvalue weighted by Crippen LogP contribution is 2.44. The highest BCUT2D eigenvalue weighted by molar-refractivity contribution is 7.26. The molecule has 6 heteroatoms. The van der Waals surface area contributed by atoms with Gasteiger partial charge in [-0.2, -0.15) is 0 Å². The minimum absolute atomic E-state index is 0.606. The lowest BCUT2D eigenvalue weighted by Crippen LogP contribution is -2.00. The summed E-state index contributed by atoms with van der Waals surface area (Å²) in [5, 5.41) is 7.04. The third-order valence-electron chi connectivity index (χ3n) is 9.85. The Labute approximate surface area is 295 Å². The molecule has 51 heavy (non-hydrogen) atoms. The summed E-state index contributed by atoms with van der Waals surface area (Å²) in [6.07, 6.45) is 0. The first-order chi connectivity index (χ1) is 25.3. The van der Waals surface area contributed by atoms with E-state index in [1.54, 1.807) is 0 Å². The smallest absolute Gasteiger partial charge is 0.164 e. The van der Waals surface area contributed by atoms with E-state index in [-0.39, 0.29) is 0 Å². The average Bonchev–Trinajstić information content (AvgIpc) is 3.87. The molecule has 0 radical (unpaired) electrons. The Morgan fingerprint density at radius 1 is 0.451 bits per heavy atom. The van der Waals surface area contributed by atoms with Crippen molar-refractivity contribution in [1.29, 1.82) is 0 Å². The van der Waals surface area contributed by atoms with E-state index in [0.717, 1.165) is 44.3 Å². The summed E-state index contributed by atoms with van der Waals surface area (Å²) in [5.74, 6) is 1.87. The topological polar surface area (TPSA) is 56.7 Å². The van der Waals surface area contributed by atoms with E-state index < -0.39 is 0 Å². The second kappa shape index (κ2) is 10.9. The minimum Gasteiger partial charge on any atom is -0.456 e. The summed E-state index contributed by atoms with van der Waals surface area (Å²) in [4.78, 5) is 15.0. The fourth-order valence-electron chi connectivity index (χ4n) is 7.60. The number of hydrogen-bond acceptors (Lipinski definition) is 5. The van der Waals surface area contributed by atoms with Crippen molar-refractivity contribution >= 4 is 75.3 Å². The molecule has 0 saturated heterocycles. The normalized spacial score (nSPS) is 11.9. The van der Waals surface area contributed by atoms with Crippen LogP contribution in [-0.2, 0) is 0 Å². The molecule has 0 aliphatic heterocycles. The van der Waals surface area contributed by atoms with Crippen molar-refractivity contribution in [3.05, 3.63) is 158 Å². The van der Waals surface area contributed by atoms with Crippen molar-refractivity contribution in [3.8, 4) is 39.9 Å². The molecule has 5 nitrogen and oxygen atoms in total. The molecule has 0 aliphatic carbocycles. The number of fused-ring (bicyclic) bond motifs is 10. The first-order valence-corrected chi connectivity index (χ1v) is 17.8. The standard InChI is InChI=1S/C45H26N4OS/c1-3-12-27(13-4-1)43-46-44(28-14-5-2-6-15-28)48-45(47-43)34-18-11-20-36-40(34)32-23-22-29(26-37(32)50-36)49-35-19-9-7-16-30(35)31-24-25-39-41(42(31)49)33-17-8-10-21-38(33)51-39/h1-26H. The first kappa shape index (κ1) is 28.2. The fourth-order valence-corrected chi connectivity index (χ4v) is 8.71. The number of furan rings is 1. The molecule has 0 amide bonds. The van der Waals surface area contributed by atoms with Crippen LogP contribution in [0.25, 0.3) is 104 Å². The number of para-hydroxylation sites is 1. The maximum atomic E-state index is 6.67. The van der Waals surface area contributed by atoms with E-state index in [1.165, 1.54) is 42.0 Å². The van der Waals surface area contributed by atoms with Gasteiger partial charge in [-0.25, -0.2) is 15.0 Å². The first-order valence-electron chi connectivity index (χ1n) is 16.9. The zero-order valence-corrected chi connectivity index (χ0v) is 27.9. The third kappa shape index (κ3) is 4.30. The van der Waals surface area contributed by atoms with Crippen molar-refractivity contribution in [3.63, 3.8) is 0 Å². The van der Waals surface area contributed by atoms with E-state index in [1.807, 2.05) is 84.1 Å². The van der Waals surface area contributed by atoms with Gasteiger partial charge in [-0.1, -0.05) is 115 Å². The molecule has 0 fully saturated rings. The molecule has 0 saturated carbocycles. The number of nitrogens with zero attached hydrogens (tertiary/aromatic N) is 4. The predicted molar refractivity (Wildman–Crippen MR) is 211 cm³/mol. The molecule has 0 unspecified atom stereocenters. The number of benzene rings is 7. The van der Waals surface area contributed by atoms with Crippen molar-refractivity contribution < 1.29 is 4.42 Å². The molecule has 238 valence electrons. The average molecular weight is 671 g/mol. The van der Waals surface area contributed by atoms with Gasteiger partial charge in [0.15, 0.2) is 17.5 Å². The Balaban J connectivity index is 1.15. The molecule has 0 aliphatic rings. The number of thiophene rings is 1. The van der Waals surface area contributed by atoms with Gasteiger partial charge in [0, 0.05) is 70.2 Å². The van der Waals surface area contributed by atoms with Gasteiger partial charge in [0.2, 0.25) is 0 Å². The van der Waals surface area contributed by atoms with Crippen LogP contribution in [0.1, 0.15) is 0 Å². The van der Waals surface area contributed by atoms with Gasteiger partial charge in [-0.15, -0.1) is 11.3 Å². The fraction of sp³-hybridized carbons (Fsp3) is 0. The molecule has 0 bridgehead atoms. The number of hydrogen-bond donors (Lipinski definition) is 0. The second-order valence-electron chi connectivity index (χ2n) is 12.8. The van der Waals surface area contributed by atoms with Gasteiger partial charge >= 0.3 is 0 Å². The summed E-state index contributed by atoms with van der Waals surface area (Å²) in [7, 11) is 0. The lowest BCUT2D eigenvalue weighted by Gasteiger charge is -2.10. The van der Waals surface area contributed by atoms with Crippen LogP contribution >= 0.6 is 11.3 Å². The van der Waals surface area contributed by atoms with E-state index in [2.05, 4.69) is 89.5 Å². The van der Waals surface area contributed by atoms with Gasteiger partial charge in [0.1, 0.15) is 11.2 Å². The van der Waals surface area contributed by atoms with Gasteiger partial charge in [-0.3, -0.25) is 0 Å². The monoisotopic (exact) mass is 670 g/mol. The largest absolute Gasteiger partial charge is 0.456 e. The zero-order valence-electron chi connectivity index (χ0n) is 27.1. The second-order valence-corrected chi connectivity index (χ2v) is 13.9. The molecular weight excluding hydrogens is 645 g/mol. The van der Waals surface area contributed by atoms with Crippen LogP contribution in [0.2, 0.25) is 0 Å². The van der Waals surface area contributed by atoms with E-state index >= 15 is 0 Å². The Morgan fingerprint density at radius 2 is 1.12 bits per heavy atom. The van der Waals surface area contributed by atoms with Crippen LogP contribution in [0.15, 0.2) is 162 Å². The molecule has 11 aromatic rings. The summed E-state index contributed by atoms with van der Waals surface area (Å²) in [5.41, 5.74) is 7.80. The minimum atomic E-state index is 0.606. The molecule has 4 heterocycles. The highest BCUT2D eigenvalue weighted by Gasteiger charge is 2.21.